The Morgan fingerprint density at radius 1 is 0.852 bits per heavy atom. The molecular weight excluding hydrogens is 684 g/mol. The van der Waals surface area contributed by atoms with Crippen molar-refractivity contribution in [2.45, 2.75) is 32.2 Å². The van der Waals surface area contributed by atoms with Gasteiger partial charge in [0.25, 0.3) is 5.91 Å². The SMILES string of the molecule is NC(=O)c1cc(C2OCCO2)c(OCc2ccccc2)cc1F.Nc1ncccc1-c1nc2ccc(-c3ccccc3)nc2n1-c1ccc2c(c1)CCC2. The molecule has 2 aliphatic rings. The average molecular weight is 721 g/mol. The fourth-order valence-electron chi connectivity index (χ4n) is 6.80. The highest BCUT2D eigenvalue weighted by Crippen LogP contribution is 2.35. The normalized spacial score (nSPS) is 13.7. The molecule has 0 bridgehead atoms. The number of rotatable bonds is 8. The van der Waals surface area contributed by atoms with E-state index in [1.807, 2.05) is 72.8 Å². The molecule has 0 radical (unpaired) electrons. The molecule has 4 heterocycles. The lowest BCUT2D eigenvalue weighted by molar-refractivity contribution is -0.0459. The molecule has 0 spiro atoms. The van der Waals surface area contributed by atoms with Crippen LogP contribution >= 0.6 is 0 Å². The lowest BCUT2D eigenvalue weighted by Crippen LogP contribution is -2.15. The van der Waals surface area contributed by atoms with Crippen LogP contribution in [0.15, 0.2) is 121 Å². The third-order valence-corrected chi connectivity index (χ3v) is 9.47. The van der Waals surface area contributed by atoms with E-state index in [0.29, 0.717) is 24.6 Å². The number of aromatic nitrogens is 4. The Kier molecular flexibility index (Phi) is 9.80. The third-order valence-electron chi connectivity index (χ3n) is 9.47. The summed E-state index contributed by atoms with van der Waals surface area (Å²) in [6.07, 6.45) is 4.48. The summed E-state index contributed by atoms with van der Waals surface area (Å²) < 4.78 is 32.7. The number of fused-ring (bicyclic) bond motifs is 2. The van der Waals surface area contributed by atoms with E-state index in [-0.39, 0.29) is 17.9 Å². The van der Waals surface area contributed by atoms with Gasteiger partial charge in [-0.05, 0) is 78.4 Å². The zero-order valence-corrected chi connectivity index (χ0v) is 29.3. The number of halogens is 1. The Morgan fingerprint density at radius 2 is 1.61 bits per heavy atom. The summed E-state index contributed by atoms with van der Waals surface area (Å²) in [6, 6.07) is 36.7. The molecule has 10 nitrogen and oxygen atoms in total. The monoisotopic (exact) mass is 720 g/mol. The third kappa shape index (κ3) is 7.14. The summed E-state index contributed by atoms with van der Waals surface area (Å²) in [5.74, 6) is -0.0957. The van der Waals surface area contributed by atoms with Crippen LogP contribution in [-0.4, -0.2) is 38.6 Å². The van der Waals surface area contributed by atoms with Gasteiger partial charge >= 0.3 is 0 Å². The Bertz CT molecular complexity index is 2450. The van der Waals surface area contributed by atoms with Crippen LogP contribution in [0.2, 0.25) is 0 Å². The summed E-state index contributed by atoms with van der Waals surface area (Å²) >= 11 is 0. The predicted molar refractivity (Wildman–Crippen MR) is 204 cm³/mol. The van der Waals surface area contributed by atoms with Gasteiger partial charge in [0, 0.05) is 23.5 Å². The number of nitrogens with two attached hydrogens (primary N) is 2. The number of aryl methyl sites for hydroxylation is 2. The number of pyridine rings is 2. The van der Waals surface area contributed by atoms with Crippen LogP contribution in [0.1, 0.15) is 45.3 Å². The maximum Gasteiger partial charge on any atom is 0.251 e. The topological polar surface area (TPSA) is 140 Å². The fraction of sp³-hybridized carbons (Fsp3) is 0.163. The molecule has 0 unspecified atom stereocenters. The van der Waals surface area contributed by atoms with Crippen LogP contribution in [-0.2, 0) is 28.9 Å². The first-order chi connectivity index (χ1) is 26.4. The van der Waals surface area contributed by atoms with Crippen molar-refractivity contribution in [1.29, 1.82) is 0 Å². The lowest BCUT2D eigenvalue weighted by atomic mass is 10.1. The number of carbonyl (C=O) groups excluding carboxylic acids is 1. The second kappa shape index (κ2) is 15.3. The smallest absolute Gasteiger partial charge is 0.251 e. The van der Waals surface area contributed by atoms with E-state index in [1.54, 1.807) is 6.20 Å². The van der Waals surface area contributed by atoms with Crippen molar-refractivity contribution in [1.82, 2.24) is 19.5 Å². The number of imidazole rings is 1. The standard InChI is InChI=1S/C26H21N5.C17H16FNO4/c27-24-21(10-5-15-28-24)25-30-23-14-13-22(18-6-2-1-3-7-18)29-26(23)31(25)20-12-11-17-8-4-9-19(17)16-20;18-14-9-15(23-10-11-4-2-1-3-5-11)13(8-12(14)16(19)20)17-21-6-7-22-17/h1-3,5-7,10-16H,4,8-9H2,(H2,27,28);1-5,8-9,17H,6-7,10H2,(H2,19,20). The van der Waals surface area contributed by atoms with Gasteiger partial charge in [-0.1, -0.05) is 66.7 Å². The van der Waals surface area contributed by atoms with Gasteiger partial charge in [-0.3, -0.25) is 9.36 Å². The number of ether oxygens (including phenoxy) is 3. The molecule has 3 aromatic heterocycles. The number of amides is 1. The molecule has 9 rings (SSSR count). The number of nitrogens with zero attached hydrogens (tertiary/aromatic N) is 4. The molecular formula is C43H37FN6O4. The number of anilines is 1. The Balaban J connectivity index is 0.000000161. The predicted octanol–water partition coefficient (Wildman–Crippen LogP) is 7.77. The second-order valence-corrected chi connectivity index (χ2v) is 13.0. The molecule has 4 N–H and O–H groups in total. The van der Waals surface area contributed by atoms with E-state index in [1.165, 1.54) is 23.6 Å². The van der Waals surface area contributed by atoms with Gasteiger partial charge in [-0.25, -0.2) is 19.3 Å². The van der Waals surface area contributed by atoms with Crippen LogP contribution in [0.25, 0.3) is 39.5 Å². The van der Waals surface area contributed by atoms with Crippen molar-refractivity contribution in [2.24, 2.45) is 5.73 Å². The minimum Gasteiger partial charge on any atom is -0.488 e. The largest absolute Gasteiger partial charge is 0.488 e. The molecule has 54 heavy (non-hydrogen) atoms. The summed E-state index contributed by atoms with van der Waals surface area (Å²) in [6.45, 7) is 1.11. The Labute approximate surface area is 311 Å². The Morgan fingerprint density at radius 3 is 2.37 bits per heavy atom. The van der Waals surface area contributed by atoms with E-state index in [2.05, 4.69) is 39.9 Å². The molecule has 11 heteroatoms. The van der Waals surface area contributed by atoms with E-state index >= 15 is 0 Å². The van der Waals surface area contributed by atoms with Gasteiger partial charge < -0.3 is 25.7 Å². The zero-order chi connectivity index (χ0) is 37.0. The summed E-state index contributed by atoms with van der Waals surface area (Å²) in [7, 11) is 0. The number of carbonyl (C=O) groups is 1. The number of hydrogen-bond acceptors (Lipinski definition) is 8. The molecule has 7 aromatic rings. The fourth-order valence-corrected chi connectivity index (χ4v) is 6.80. The summed E-state index contributed by atoms with van der Waals surface area (Å²) in [5, 5.41) is 0. The van der Waals surface area contributed by atoms with Crippen molar-refractivity contribution in [3.05, 3.63) is 155 Å². The van der Waals surface area contributed by atoms with Gasteiger partial charge in [0.05, 0.1) is 35.6 Å². The summed E-state index contributed by atoms with van der Waals surface area (Å²) in [5.41, 5.74) is 21.0. The van der Waals surface area contributed by atoms with Crippen molar-refractivity contribution in [3.63, 3.8) is 0 Å². The minimum absolute atomic E-state index is 0.217. The van der Waals surface area contributed by atoms with Gasteiger partial charge in [0.1, 0.15) is 29.5 Å². The minimum atomic E-state index is -0.851. The highest BCUT2D eigenvalue weighted by atomic mass is 19.1. The van der Waals surface area contributed by atoms with Crippen molar-refractivity contribution < 1.29 is 23.4 Å². The number of primary amides is 1. The van der Waals surface area contributed by atoms with E-state index < -0.39 is 18.0 Å². The summed E-state index contributed by atoms with van der Waals surface area (Å²) in [4.78, 5) is 25.6. The number of hydrogen-bond donors (Lipinski definition) is 2. The van der Waals surface area contributed by atoms with Crippen LogP contribution in [0.4, 0.5) is 10.2 Å². The number of nitrogen functional groups attached to an aromatic ring is 1. The van der Waals surface area contributed by atoms with Gasteiger partial charge in [0.2, 0.25) is 0 Å². The molecule has 4 aromatic carbocycles. The van der Waals surface area contributed by atoms with E-state index in [9.17, 15) is 9.18 Å². The van der Waals surface area contributed by atoms with Gasteiger partial charge in [0.15, 0.2) is 17.8 Å². The highest BCUT2D eigenvalue weighted by Gasteiger charge is 2.26. The molecule has 1 saturated heterocycles. The van der Waals surface area contributed by atoms with Crippen molar-refractivity contribution >= 4 is 22.9 Å². The molecule has 0 saturated carbocycles. The van der Waals surface area contributed by atoms with Crippen LogP contribution in [0.5, 0.6) is 5.75 Å². The van der Waals surface area contributed by atoms with Gasteiger partial charge in [-0.2, -0.15) is 0 Å². The molecule has 1 aliphatic heterocycles. The first-order valence-electron chi connectivity index (χ1n) is 17.7. The Hall–Kier alpha value is -6.43. The quantitative estimate of drug-likeness (QED) is 0.162. The van der Waals surface area contributed by atoms with E-state index in [4.69, 9.17) is 35.6 Å². The van der Waals surface area contributed by atoms with Crippen LogP contribution in [0.3, 0.4) is 0 Å². The first kappa shape index (κ1) is 34.6. The molecule has 270 valence electrons. The molecule has 1 fully saturated rings. The molecule has 0 atom stereocenters. The van der Waals surface area contributed by atoms with Crippen LogP contribution < -0.4 is 16.2 Å². The maximum atomic E-state index is 14.0. The first-order valence-corrected chi connectivity index (χ1v) is 17.7. The average Bonchev–Trinajstić information content (AvgIpc) is 3.98. The van der Waals surface area contributed by atoms with Crippen molar-refractivity contribution in [3.8, 4) is 34.1 Å². The zero-order valence-electron chi connectivity index (χ0n) is 29.3. The molecule has 1 aliphatic carbocycles. The van der Waals surface area contributed by atoms with E-state index in [0.717, 1.165) is 64.0 Å². The second-order valence-electron chi connectivity index (χ2n) is 13.0. The van der Waals surface area contributed by atoms with Gasteiger partial charge in [-0.15, -0.1) is 0 Å². The number of benzene rings is 4. The lowest BCUT2D eigenvalue weighted by Gasteiger charge is -2.17. The highest BCUT2D eigenvalue weighted by molar-refractivity contribution is 5.93. The van der Waals surface area contributed by atoms with Crippen LogP contribution in [0, 0.1) is 5.82 Å². The van der Waals surface area contributed by atoms with Crippen molar-refractivity contribution in [2.75, 3.05) is 18.9 Å². The maximum absolute atomic E-state index is 14.0. The molecule has 1 amide bonds.